The minimum absolute atomic E-state index is 0.0507. The van der Waals surface area contributed by atoms with Gasteiger partial charge in [0.15, 0.2) is 0 Å². The van der Waals surface area contributed by atoms with Gasteiger partial charge in [-0.25, -0.2) is 0 Å². The first kappa shape index (κ1) is 19.4. The molecule has 0 bridgehead atoms. The molecule has 2 fully saturated rings. The molecule has 1 heterocycles. The van der Waals surface area contributed by atoms with Crippen molar-refractivity contribution in [2.24, 2.45) is 0 Å². The second-order valence-corrected chi connectivity index (χ2v) is 9.07. The molecule has 3 rings (SSSR count). The molecular weight excluding hydrogens is 324 g/mol. The molecule has 1 saturated carbocycles. The predicted octanol–water partition coefficient (Wildman–Crippen LogP) is 3.63. The number of nitrogens with one attached hydrogen (secondary N) is 1. The molecule has 4 nitrogen and oxygen atoms in total. The van der Waals surface area contributed by atoms with Crippen LogP contribution in [0, 0.1) is 0 Å². The summed E-state index contributed by atoms with van der Waals surface area (Å²) in [5, 5.41) is 3.16. The van der Waals surface area contributed by atoms with Gasteiger partial charge in [0.05, 0.1) is 12.6 Å². The van der Waals surface area contributed by atoms with Gasteiger partial charge in [-0.2, -0.15) is 0 Å². The van der Waals surface area contributed by atoms with Gasteiger partial charge < -0.3 is 10.1 Å². The summed E-state index contributed by atoms with van der Waals surface area (Å²) in [6, 6.07) is 9.17. The molecule has 0 radical (unpaired) electrons. The molecule has 0 aromatic heterocycles. The Labute approximate surface area is 158 Å². The van der Waals surface area contributed by atoms with Gasteiger partial charge in [0.25, 0.3) is 0 Å². The Morgan fingerprint density at radius 1 is 1.27 bits per heavy atom. The Bertz CT molecular complexity index is 616. The van der Waals surface area contributed by atoms with Crippen LogP contribution in [0.5, 0.6) is 0 Å². The highest BCUT2D eigenvalue weighted by Gasteiger charge is 2.45. The van der Waals surface area contributed by atoms with Crippen LogP contribution in [0.2, 0.25) is 0 Å². The van der Waals surface area contributed by atoms with Gasteiger partial charge in [0.2, 0.25) is 5.91 Å². The van der Waals surface area contributed by atoms with Crippen molar-refractivity contribution in [3.05, 3.63) is 35.4 Å². The summed E-state index contributed by atoms with van der Waals surface area (Å²) < 4.78 is 6.30. The number of nitrogens with zero attached hydrogens (tertiary/aromatic N) is 1. The zero-order chi connectivity index (χ0) is 18.8. The predicted molar refractivity (Wildman–Crippen MR) is 105 cm³/mol. The summed E-state index contributed by atoms with van der Waals surface area (Å²) in [7, 11) is 0. The van der Waals surface area contributed by atoms with E-state index in [0.717, 1.165) is 39.1 Å². The number of amides is 1. The average Bonchev–Trinajstić information content (AvgIpc) is 2.57. The number of ether oxygens (including phenoxy) is 1. The van der Waals surface area contributed by atoms with Crippen LogP contribution in [0.15, 0.2) is 24.3 Å². The van der Waals surface area contributed by atoms with E-state index in [0.29, 0.717) is 0 Å². The first-order valence-corrected chi connectivity index (χ1v) is 10.0. The molecule has 1 saturated heterocycles. The summed E-state index contributed by atoms with van der Waals surface area (Å²) in [5.74, 6) is 0.0507. The monoisotopic (exact) mass is 358 g/mol. The third-order valence-electron chi connectivity index (χ3n) is 5.87. The van der Waals surface area contributed by atoms with E-state index in [2.05, 4.69) is 55.3 Å². The van der Waals surface area contributed by atoms with Crippen LogP contribution in [0.1, 0.15) is 64.5 Å². The highest BCUT2D eigenvalue weighted by molar-refractivity contribution is 5.73. The smallest absolute Gasteiger partial charge is 0.217 e. The Morgan fingerprint density at radius 2 is 2.00 bits per heavy atom. The normalized spacial score (nSPS) is 27.5. The lowest BCUT2D eigenvalue weighted by atomic mass is 9.78. The van der Waals surface area contributed by atoms with Gasteiger partial charge in [0.1, 0.15) is 5.60 Å². The highest BCUT2D eigenvalue weighted by atomic mass is 16.5. The second kappa shape index (κ2) is 7.69. The fourth-order valence-electron chi connectivity index (χ4n) is 4.41. The Kier molecular flexibility index (Phi) is 5.73. The first-order chi connectivity index (χ1) is 12.3. The van der Waals surface area contributed by atoms with Crippen LogP contribution in [0.3, 0.4) is 0 Å². The van der Waals surface area contributed by atoms with Crippen LogP contribution < -0.4 is 5.32 Å². The largest absolute Gasteiger partial charge is 0.370 e. The molecule has 26 heavy (non-hydrogen) atoms. The minimum Gasteiger partial charge on any atom is -0.370 e. The third-order valence-corrected chi connectivity index (χ3v) is 5.87. The van der Waals surface area contributed by atoms with Gasteiger partial charge >= 0.3 is 0 Å². The minimum atomic E-state index is -0.215. The van der Waals surface area contributed by atoms with Gasteiger partial charge in [0, 0.05) is 26.6 Å². The molecule has 1 aliphatic heterocycles. The molecule has 1 spiro atoms. The molecule has 1 amide bonds. The molecular formula is C22H34N2O2. The molecule has 4 heteroatoms. The van der Waals surface area contributed by atoms with E-state index < -0.39 is 0 Å². The van der Waals surface area contributed by atoms with Crippen LogP contribution >= 0.6 is 0 Å². The topological polar surface area (TPSA) is 41.6 Å². The van der Waals surface area contributed by atoms with Crippen LogP contribution in [-0.2, 0) is 21.5 Å². The average molecular weight is 359 g/mol. The van der Waals surface area contributed by atoms with E-state index in [1.54, 1.807) is 6.92 Å². The molecule has 1 aromatic rings. The molecule has 1 N–H and O–H groups in total. The van der Waals surface area contributed by atoms with Gasteiger partial charge in [-0.05, 0) is 29.4 Å². The van der Waals surface area contributed by atoms with Gasteiger partial charge in [-0.1, -0.05) is 57.9 Å². The van der Waals surface area contributed by atoms with E-state index in [9.17, 15) is 4.79 Å². The van der Waals surface area contributed by atoms with Crippen molar-refractivity contribution in [3.8, 4) is 0 Å². The summed E-state index contributed by atoms with van der Waals surface area (Å²) in [5.41, 5.74) is 2.70. The number of carbonyl (C=O) groups excluding carboxylic acids is 1. The third kappa shape index (κ3) is 4.47. The van der Waals surface area contributed by atoms with E-state index >= 15 is 0 Å². The van der Waals surface area contributed by atoms with Crippen molar-refractivity contribution in [1.82, 2.24) is 10.2 Å². The molecule has 144 valence electrons. The maximum Gasteiger partial charge on any atom is 0.217 e. The van der Waals surface area contributed by atoms with Crippen molar-refractivity contribution >= 4 is 5.91 Å². The van der Waals surface area contributed by atoms with Crippen molar-refractivity contribution in [2.45, 2.75) is 77.0 Å². The number of morpholine rings is 1. The van der Waals surface area contributed by atoms with E-state index in [1.807, 2.05) is 0 Å². The first-order valence-electron chi connectivity index (χ1n) is 10.0. The summed E-state index contributed by atoms with van der Waals surface area (Å²) in [4.78, 5) is 14.1. The fourth-order valence-corrected chi connectivity index (χ4v) is 4.41. The molecule has 1 aromatic carbocycles. The lowest BCUT2D eigenvalue weighted by Gasteiger charge is -2.49. The molecule has 2 atom stereocenters. The quantitative estimate of drug-likeness (QED) is 0.897. The van der Waals surface area contributed by atoms with Crippen LogP contribution in [-0.4, -0.2) is 42.1 Å². The lowest BCUT2D eigenvalue weighted by Crippen LogP contribution is -2.63. The Morgan fingerprint density at radius 3 is 2.65 bits per heavy atom. The van der Waals surface area contributed by atoms with E-state index in [-0.39, 0.29) is 23.0 Å². The zero-order valence-corrected chi connectivity index (χ0v) is 16.8. The summed E-state index contributed by atoms with van der Waals surface area (Å²) in [6.07, 6.45) is 4.42. The maximum atomic E-state index is 11.6. The lowest BCUT2D eigenvalue weighted by molar-refractivity contribution is -0.150. The SMILES string of the molecule is CC(=O)N[C@H]1CCCC[C@]12CN(Cc1ccc(C(C)(C)C)cc1)CCO2. The summed E-state index contributed by atoms with van der Waals surface area (Å²) >= 11 is 0. The van der Waals surface area contributed by atoms with Crippen molar-refractivity contribution in [2.75, 3.05) is 19.7 Å². The molecule has 2 aliphatic rings. The van der Waals surface area contributed by atoms with Crippen molar-refractivity contribution in [3.63, 3.8) is 0 Å². The Hall–Kier alpha value is -1.39. The van der Waals surface area contributed by atoms with Crippen LogP contribution in [0.4, 0.5) is 0 Å². The number of benzene rings is 1. The van der Waals surface area contributed by atoms with Crippen LogP contribution in [0.25, 0.3) is 0 Å². The molecule has 1 aliphatic carbocycles. The second-order valence-electron chi connectivity index (χ2n) is 9.07. The van der Waals surface area contributed by atoms with E-state index in [4.69, 9.17) is 4.74 Å². The highest BCUT2D eigenvalue weighted by Crippen LogP contribution is 2.35. The van der Waals surface area contributed by atoms with Crippen molar-refractivity contribution in [1.29, 1.82) is 0 Å². The maximum absolute atomic E-state index is 11.6. The standard InChI is InChI=1S/C22H34N2O2/c1-17(25)23-20-7-5-6-12-22(20)16-24(13-14-26-22)15-18-8-10-19(11-9-18)21(2,3)4/h8-11,20H,5-7,12-16H2,1-4H3,(H,23,25)/t20-,22-/m0/s1. The number of hydrogen-bond donors (Lipinski definition) is 1. The van der Waals surface area contributed by atoms with Crippen molar-refractivity contribution < 1.29 is 9.53 Å². The Balaban J connectivity index is 1.68. The number of rotatable bonds is 3. The molecule has 0 unspecified atom stereocenters. The van der Waals surface area contributed by atoms with E-state index in [1.165, 1.54) is 24.0 Å². The number of hydrogen-bond acceptors (Lipinski definition) is 3. The van der Waals surface area contributed by atoms with Gasteiger partial charge in [-0.15, -0.1) is 0 Å². The fraction of sp³-hybridized carbons (Fsp3) is 0.682. The summed E-state index contributed by atoms with van der Waals surface area (Å²) in [6.45, 7) is 11.9. The van der Waals surface area contributed by atoms with Gasteiger partial charge in [-0.3, -0.25) is 9.69 Å². The number of carbonyl (C=O) groups is 1. The zero-order valence-electron chi connectivity index (χ0n) is 16.8.